The molecule has 0 bridgehead atoms. The molecule has 0 heterocycles. The quantitative estimate of drug-likeness (QED) is 0.446. The van der Waals surface area contributed by atoms with Crippen LogP contribution in [0.1, 0.15) is 0 Å². The van der Waals surface area contributed by atoms with Crippen LogP contribution >= 0.6 is 0 Å². The van der Waals surface area contributed by atoms with Crippen LogP contribution in [0.4, 0.5) is 0 Å². The lowest BCUT2D eigenvalue weighted by Gasteiger charge is -2.12. The summed E-state index contributed by atoms with van der Waals surface area (Å²) >= 11 is 0. The highest BCUT2D eigenvalue weighted by Crippen LogP contribution is 1.74. The summed E-state index contributed by atoms with van der Waals surface area (Å²) in [6.07, 6.45) is 0. The zero-order valence-electron chi connectivity index (χ0n) is 7.28. The molecular formula is H20Si9. The van der Waals surface area contributed by atoms with Crippen LogP contribution in [0.2, 0.25) is 0 Å². The average molecular weight is 273 g/mol. The minimum atomic E-state index is 0.366. The molecule has 0 aliphatic carbocycles. The van der Waals surface area contributed by atoms with Gasteiger partial charge in [-0.25, -0.2) is 0 Å². The lowest BCUT2D eigenvalue weighted by atomic mass is 26.0. The molecule has 0 saturated carbocycles. The third-order valence-corrected chi connectivity index (χ3v) is 191. The Morgan fingerprint density at radius 2 is 1.56 bits per heavy atom. The van der Waals surface area contributed by atoms with E-state index in [4.69, 9.17) is 0 Å². The Balaban J connectivity index is 3.32. The standard InChI is InChI=1S/H20Si9/c1-5-7-9(4)8(3)6-2/h8-9H,5-7H2,1-4H3. The summed E-state index contributed by atoms with van der Waals surface area (Å²) in [6.45, 7) is 0. The maximum atomic E-state index is 1.80. The lowest BCUT2D eigenvalue weighted by molar-refractivity contribution is 3.64. The maximum Gasteiger partial charge on any atom is -0.00703 e. The van der Waals surface area contributed by atoms with E-state index in [0.717, 1.165) is 25.7 Å². The first-order valence-electron chi connectivity index (χ1n) is 4.22. The van der Waals surface area contributed by atoms with E-state index in [0.29, 0.717) is 14.7 Å². The zero-order chi connectivity index (χ0) is 7.28. The SMILES string of the molecule is [SiH3][SiH2][SiH2][SiH]([SiH3])[SiH]([SiH3])[SiH2][SiH3]. The molecule has 2 unspecified atom stereocenters. The molecule has 0 aliphatic heterocycles. The summed E-state index contributed by atoms with van der Waals surface area (Å²) in [5.74, 6) is 0. The first-order valence-corrected chi connectivity index (χ1v) is 38.0. The molecule has 0 aromatic carbocycles. The highest BCUT2D eigenvalue weighted by atomic mass is 30.2. The van der Waals surface area contributed by atoms with E-state index < -0.39 is 0 Å². The van der Waals surface area contributed by atoms with E-state index in [1.165, 1.54) is 0 Å². The van der Waals surface area contributed by atoms with E-state index in [1.807, 2.05) is 0 Å². The molecule has 0 aromatic rings. The van der Waals surface area contributed by atoms with Gasteiger partial charge in [0.15, 0.2) is 0 Å². The Bertz CT molecular complexity index is 57.1. The van der Waals surface area contributed by atoms with Gasteiger partial charge in [0.25, 0.3) is 0 Å². The second-order valence-corrected chi connectivity index (χ2v) is 85.1. The summed E-state index contributed by atoms with van der Waals surface area (Å²) in [7, 11) is 10.2. The van der Waals surface area contributed by atoms with Gasteiger partial charge in [-0.05, 0) is 79.4 Å². The van der Waals surface area contributed by atoms with E-state index in [9.17, 15) is 0 Å². The summed E-state index contributed by atoms with van der Waals surface area (Å²) < 4.78 is 0. The fourth-order valence-electron chi connectivity index (χ4n) is 1.14. The van der Waals surface area contributed by atoms with E-state index in [2.05, 4.69) is 0 Å². The highest BCUT2D eigenvalue weighted by molar-refractivity contribution is 7.87. The predicted octanol–water partition coefficient (Wildman–Crippen LogP) is -8.78. The van der Waals surface area contributed by atoms with Crippen LogP contribution in [0.5, 0.6) is 0 Å². The Kier molecular flexibility index (Phi) is 8.09. The van der Waals surface area contributed by atoms with E-state index in [1.54, 1.807) is 39.0 Å². The first-order chi connectivity index (χ1) is 4.22. The van der Waals surface area contributed by atoms with Crippen LogP contribution in [0.15, 0.2) is 0 Å². The molecule has 0 rings (SSSR count). The molecule has 0 aliphatic rings. The van der Waals surface area contributed by atoms with Crippen LogP contribution in [0.25, 0.3) is 0 Å². The van der Waals surface area contributed by atoms with Gasteiger partial charge in [-0.3, -0.25) is 0 Å². The summed E-state index contributed by atoms with van der Waals surface area (Å²) in [4.78, 5) is 0. The molecule has 0 aromatic heterocycles. The molecule has 0 fully saturated rings. The Morgan fingerprint density at radius 1 is 1.00 bits per heavy atom. The van der Waals surface area contributed by atoms with Crippen LogP contribution in [-0.4, -0.2) is 79.4 Å². The van der Waals surface area contributed by atoms with Crippen molar-refractivity contribution in [1.29, 1.82) is 0 Å². The molecule has 0 saturated heterocycles. The van der Waals surface area contributed by atoms with E-state index in [-0.39, 0.29) is 0 Å². The monoisotopic (exact) mass is 272 g/mol. The lowest BCUT2D eigenvalue weighted by Crippen LogP contribution is -2.49. The highest BCUT2D eigenvalue weighted by Gasteiger charge is 2.11. The van der Waals surface area contributed by atoms with Crippen molar-refractivity contribution < 1.29 is 0 Å². The molecule has 0 N–H and O–H groups in total. The second kappa shape index (κ2) is 6.65. The van der Waals surface area contributed by atoms with Crippen molar-refractivity contribution in [2.45, 2.75) is 0 Å². The zero-order valence-corrected chi connectivity index (χ0v) is 21.8. The van der Waals surface area contributed by atoms with Gasteiger partial charge < -0.3 is 0 Å². The molecular weight excluding hydrogens is 253 g/mol. The first kappa shape index (κ1) is 11.0. The van der Waals surface area contributed by atoms with Crippen LogP contribution in [-0.2, 0) is 0 Å². The minimum absolute atomic E-state index is 0.366. The van der Waals surface area contributed by atoms with Crippen molar-refractivity contribution >= 4 is 79.4 Å². The molecule has 9 heavy (non-hydrogen) atoms. The van der Waals surface area contributed by atoms with Crippen LogP contribution < -0.4 is 0 Å². The third-order valence-electron chi connectivity index (χ3n) is 2.36. The average Bonchev–Trinajstić information content (AvgIpc) is 1.87. The Morgan fingerprint density at radius 3 is 1.89 bits per heavy atom. The van der Waals surface area contributed by atoms with Crippen molar-refractivity contribution in [1.82, 2.24) is 0 Å². The van der Waals surface area contributed by atoms with Gasteiger partial charge in [-0.15, -0.1) is 0 Å². The predicted molar refractivity (Wildman–Crippen MR) is 79.7 cm³/mol. The third kappa shape index (κ3) is 5.25. The summed E-state index contributed by atoms with van der Waals surface area (Å²) in [5, 5.41) is 0. The van der Waals surface area contributed by atoms with Gasteiger partial charge in [0.05, 0.1) is 0 Å². The molecule has 0 amide bonds. The van der Waals surface area contributed by atoms with Gasteiger partial charge in [0.1, 0.15) is 0 Å². The minimum Gasteiger partial charge on any atom is -0.0120 e. The normalized spacial score (nSPS) is 22.7. The molecule has 0 radical (unpaired) electrons. The van der Waals surface area contributed by atoms with Gasteiger partial charge in [0, 0.05) is 0 Å². The van der Waals surface area contributed by atoms with Gasteiger partial charge in [-0.1, -0.05) is 0 Å². The smallest absolute Gasteiger partial charge is 0.00703 e. The fraction of sp³-hybridized carbons (Fsp3) is 0. The summed E-state index contributed by atoms with van der Waals surface area (Å²) in [5.41, 5.74) is 0. The van der Waals surface area contributed by atoms with Crippen molar-refractivity contribution in [3.8, 4) is 0 Å². The molecule has 0 nitrogen and oxygen atoms in total. The van der Waals surface area contributed by atoms with Crippen LogP contribution in [0, 0.1) is 0 Å². The van der Waals surface area contributed by atoms with Crippen molar-refractivity contribution in [2.24, 2.45) is 0 Å². The largest absolute Gasteiger partial charge is 0.0120 e. The molecule has 56 valence electrons. The van der Waals surface area contributed by atoms with Gasteiger partial charge >= 0.3 is 0 Å². The van der Waals surface area contributed by atoms with Crippen LogP contribution in [0.3, 0.4) is 0 Å². The van der Waals surface area contributed by atoms with Crippen molar-refractivity contribution in [3.63, 3.8) is 0 Å². The number of hydrogen-bond acceptors (Lipinski definition) is 0. The Hall–Kier alpha value is 1.95. The topological polar surface area (TPSA) is 0 Å². The number of hydrogen-bond donors (Lipinski definition) is 0. The number of rotatable bonds is 4. The van der Waals surface area contributed by atoms with E-state index >= 15 is 0 Å². The molecule has 9 heteroatoms. The van der Waals surface area contributed by atoms with Crippen molar-refractivity contribution in [3.05, 3.63) is 0 Å². The molecule has 2 atom stereocenters. The van der Waals surface area contributed by atoms with Crippen molar-refractivity contribution in [2.75, 3.05) is 0 Å². The van der Waals surface area contributed by atoms with Gasteiger partial charge in [-0.2, -0.15) is 0 Å². The Labute approximate surface area is 79.0 Å². The fourth-order valence-corrected chi connectivity index (χ4v) is 278. The maximum absolute atomic E-state index is 1.80. The second-order valence-electron chi connectivity index (χ2n) is 3.15. The summed E-state index contributed by atoms with van der Waals surface area (Å²) in [6, 6.07) is 0. The van der Waals surface area contributed by atoms with Gasteiger partial charge in [0.2, 0.25) is 0 Å². The molecule has 0 spiro atoms.